The van der Waals surface area contributed by atoms with E-state index >= 15 is 0 Å². The van der Waals surface area contributed by atoms with Gasteiger partial charge in [-0.15, -0.1) is 0 Å². The Hall–Kier alpha value is -1.61. The predicted octanol–water partition coefficient (Wildman–Crippen LogP) is 0.349. The summed E-state index contributed by atoms with van der Waals surface area (Å²) in [5, 5.41) is 8.51. The van der Waals surface area contributed by atoms with Gasteiger partial charge in [-0.1, -0.05) is 0 Å². The number of pyridine rings is 1. The predicted molar refractivity (Wildman–Crippen MR) is 52.2 cm³/mol. The van der Waals surface area contributed by atoms with Crippen molar-refractivity contribution in [2.24, 2.45) is 0 Å². The molecular weight excluding hydrogens is 202 g/mol. The zero-order chi connectivity index (χ0) is 10.8. The molecule has 0 spiro atoms. The molecule has 0 saturated heterocycles. The summed E-state index contributed by atoms with van der Waals surface area (Å²) in [6, 6.07) is 4.90. The summed E-state index contributed by atoms with van der Waals surface area (Å²) in [5.74, 6) is 0.298. The van der Waals surface area contributed by atoms with Crippen LogP contribution in [0.3, 0.4) is 0 Å². The van der Waals surface area contributed by atoms with Crippen LogP contribution < -0.4 is 4.31 Å². The monoisotopic (exact) mass is 211 g/mol. The first-order valence-electron chi connectivity index (χ1n) is 3.75. The minimum atomic E-state index is -3.29. The van der Waals surface area contributed by atoms with E-state index in [2.05, 4.69) is 4.98 Å². The largest absolute Gasteiger partial charge is 0.257 e. The highest BCUT2D eigenvalue weighted by Crippen LogP contribution is 2.11. The van der Waals surface area contributed by atoms with Crippen LogP contribution >= 0.6 is 0 Å². The second kappa shape index (κ2) is 3.64. The van der Waals surface area contributed by atoms with E-state index in [4.69, 9.17) is 5.26 Å². The molecule has 0 aliphatic carbocycles. The van der Waals surface area contributed by atoms with Gasteiger partial charge in [-0.3, -0.25) is 4.31 Å². The minimum absolute atomic E-state index is 0.298. The lowest BCUT2D eigenvalue weighted by Crippen LogP contribution is -2.25. The van der Waals surface area contributed by atoms with Crippen LogP contribution in [0.15, 0.2) is 18.3 Å². The average Bonchev–Trinajstić information content (AvgIpc) is 2.15. The van der Waals surface area contributed by atoms with Crippen LogP contribution in [-0.4, -0.2) is 26.7 Å². The normalized spacial score (nSPS) is 10.6. The Balaban J connectivity index is 3.06. The molecule has 0 atom stereocenters. The molecule has 6 heteroatoms. The standard InChI is InChI=1S/C8H9N3O2S/c1-11(14(2,12)13)8-4-3-7(5-9)6-10-8/h3-4,6H,1-2H3. The van der Waals surface area contributed by atoms with Crippen molar-refractivity contribution in [2.45, 2.75) is 0 Å². The molecule has 0 saturated carbocycles. The molecule has 0 aromatic carbocycles. The third kappa shape index (κ3) is 2.20. The molecule has 74 valence electrons. The van der Waals surface area contributed by atoms with Crippen LogP contribution in [0.5, 0.6) is 0 Å². The molecule has 0 radical (unpaired) electrons. The summed E-state index contributed by atoms with van der Waals surface area (Å²) in [6.07, 6.45) is 2.42. The van der Waals surface area contributed by atoms with Crippen molar-refractivity contribution in [2.75, 3.05) is 17.6 Å². The quantitative estimate of drug-likeness (QED) is 0.707. The van der Waals surface area contributed by atoms with Crippen LogP contribution in [0.1, 0.15) is 5.56 Å². The van der Waals surface area contributed by atoms with Gasteiger partial charge in [0.05, 0.1) is 11.8 Å². The molecule has 0 unspecified atom stereocenters. The molecule has 1 rings (SSSR count). The number of hydrogen-bond donors (Lipinski definition) is 0. The lowest BCUT2D eigenvalue weighted by molar-refractivity contribution is 0.600. The number of anilines is 1. The molecular formula is C8H9N3O2S. The van der Waals surface area contributed by atoms with Gasteiger partial charge in [0.15, 0.2) is 0 Å². The smallest absolute Gasteiger partial charge is 0.233 e. The summed E-state index contributed by atoms with van der Waals surface area (Å²) >= 11 is 0. The fourth-order valence-electron chi connectivity index (χ4n) is 0.808. The molecule has 1 aromatic heterocycles. The van der Waals surface area contributed by atoms with Crippen molar-refractivity contribution in [1.82, 2.24) is 4.98 Å². The summed E-state index contributed by atoms with van der Waals surface area (Å²) in [5.41, 5.74) is 0.399. The Kier molecular flexibility index (Phi) is 2.72. The summed E-state index contributed by atoms with van der Waals surface area (Å²) in [7, 11) is -1.88. The van der Waals surface area contributed by atoms with Gasteiger partial charge >= 0.3 is 0 Å². The van der Waals surface area contributed by atoms with Crippen LogP contribution in [-0.2, 0) is 10.0 Å². The highest BCUT2D eigenvalue weighted by molar-refractivity contribution is 7.92. The van der Waals surface area contributed by atoms with Crippen molar-refractivity contribution < 1.29 is 8.42 Å². The second-order valence-corrected chi connectivity index (χ2v) is 4.76. The number of nitriles is 1. The zero-order valence-corrected chi connectivity index (χ0v) is 8.61. The molecule has 0 aliphatic heterocycles. The van der Waals surface area contributed by atoms with Gasteiger partial charge in [-0.05, 0) is 12.1 Å². The first kappa shape index (κ1) is 10.5. The van der Waals surface area contributed by atoms with Gasteiger partial charge in [0.25, 0.3) is 0 Å². The van der Waals surface area contributed by atoms with E-state index in [1.807, 2.05) is 6.07 Å². The number of nitrogens with zero attached hydrogens (tertiary/aromatic N) is 3. The van der Waals surface area contributed by atoms with Gasteiger partial charge < -0.3 is 0 Å². The van der Waals surface area contributed by atoms with Crippen LogP contribution in [0.4, 0.5) is 5.82 Å². The van der Waals surface area contributed by atoms with Crippen molar-refractivity contribution in [3.8, 4) is 6.07 Å². The number of sulfonamides is 1. The van der Waals surface area contributed by atoms with Crippen molar-refractivity contribution in [1.29, 1.82) is 5.26 Å². The highest BCUT2D eigenvalue weighted by atomic mass is 32.2. The fourth-order valence-corrected chi connectivity index (χ4v) is 1.26. The SMILES string of the molecule is CN(c1ccc(C#N)cn1)S(C)(=O)=O. The Bertz CT molecular complexity index is 458. The Morgan fingerprint density at radius 1 is 1.50 bits per heavy atom. The molecule has 1 aromatic rings. The third-order valence-electron chi connectivity index (χ3n) is 1.70. The number of aromatic nitrogens is 1. The van der Waals surface area contributed by atoms with Gasteiger partial charge in [0.1, 0.15) is 11.9 Å². The lowest BCUT2D eigenvalue weighted by Gasteiger charge is -2.14. The van der Waals surface area contributed by atoms with Crippen molar-refractivity contribution >= 4 is 15.8 Å². The first-order valence-corrected chi connectivity index (χ1v) is 5.60. The fraction of sp³-hybridized carbons (Fsp3) is 0.250. The molecule has 14 heavy (non-hydrogen) atoms. The van der Waals surface area contributed by atoms with Gasteiger partial charge in [0.2, 0.25) is 10.0 Å². The van der Waals surface area contributed by atoms with E-state index in [0.29, 0.717) is 11.4 Å². The lowest BCUT2D eigenvalue weighted by atomic mass is 10.3. The first-order chi connectivity index (χ1) is 6.45. The summed E-state index contributed by atoms with van der Waals surface area (Å²) < 4.78 is 23.3. The Morgan fingerprint density at radius 2 is 2.14 bits per heavy atom. The molecule has 0 amide bonds. The third-order valence-corrected chi connectivity index (χ3v) is 2.88. The van der Waals surface area contributed by atoms with E-state index in [-0.39, 0.29) is 0 Å². The summed E-state index contributed by atoms with van der Waals surface area (Å²) in [6.45, 7) is 0. The highest BCUT2D eigenvalue weighted by Gasteiger charge is 2.12. The Morgan fingerprint density at radius 3 is 2.50 bits per heavy atom. The maximum atomic E-state index is 11.1. The zero-order valence-electron chi connectivity index (χ0n) is 7.80. The summed E-state index contributed by atoms with van der Waals surface area (Å²) in [4.78, 5) is 3.84. The van der Waals surface area contributed by atoms with Crippen molar-refractivity contribution in [3.05, 3.63) is 23.9 Å². The topological polar surface area (TPSA) is 74.1 Å². The maximum absolute atomic E-state index is 11.1. The van der Waals surface area contributed by atoms with Crippen LogP contribution in [0.25, 0.3) is 0 Å². The minimum Gasteiger partial charge on any atom is -0.257 e. The molecule has 0 bridgehead atoms. The average molecular weight is 211 g/mol. The molecule has 0 fully saturated rings. The molecule has 5 nitrogen and oxygen atoms in total. The van der Waals surface area contributed by atoms with E-state index < -0.39 is 10.0 Å². The van der Waals surface area contributed by atoms with E-state index in [1.165, 1.54) is 25.4 Å². The number of rotatable bonds is 2. The number of hydrogen-bond acceptors (Lipinski definition) is 4. The van der Waals surface area contributed by atoms with Gasteiger partial charge in [-0.25, -0.2) is 13.4 Å². The molecule has 0 N–H and O–H groups in total. The van der Waals surface area contributed by atoms with E-state index in [1.54, 1.807) is 0 Å². The van der Waals surface area contributed by atoms with Crippen LogP contribution in [0, 0.1) is 11.3 Å². The van der Waals surface area contributed by atoms with Crippen molar-refractivity contribution in [3.63, 3.8) is 0 Å². The molecule has 0 aliphatic rings. The maximum Gasteiger partial charge on any atom is 0.233 e. The van der Waals surface area contributed by atoms with E-state index in [9.17, 15) is 8.42 Å². The van der Waals surface area contributed by atoms with Gasteiger partial charge in [0, 0.05) is 13.2 Å². The van der Waals surface area contributed by atoms with E-state index in [0.717, 1.165) is 10.6 Å². The second-order valence-electron chi connectivity index (χ2n) is 2.75. The van der Waals surface area contributed by atoms with Crippen LogP contribution in [0.2, 0.25) is 0 Å². The molecule has 1 heterocycles. The van der Waals surface area contributed by atoms with Gasteiger partial charge in [-0.2, -0.15) is 5.26 Å². The Labute approximate surface area is 82.7 Å².